The van der Waals surface area contributed by atoms with E-state index in [2.05, 4.69) is 19.9 Å². The lowest BCUT2D eigenvalue weighted by molar-refractivity contribution is -0.161. The summed E-state index contributed by atoms with van der Waals surface area (Å²) in [4.78, 5) is 95.6. The number of hydrogen-bond donors (Lipinski definition) is 5. The molecule has 0 radical (unpaired) electrons. The smallest absolute Gasteiger partial charge is 0.404 e. The molecule has 4 aliphatic heterocycles. The van der Waals surface area contributed by atoms with Crippen molar-refractivity contribution in [1.29, 1.82) is 0 Å². The number of carbonyl (C=O) groups is 8. The molecule has 0 spiro atoms. The summed E-state index contributed by atoms with van der Waals surface area (Å²) in [5.41, 5.74) is 14.2. The molecule has 4 heterocycles. The Labute approximate surface area is 525 Å². The number of rotatable bonds is 23. The highest BCUT2D eigenvalue weighted by atomic mass is 16.6. The molecule has 0 bridgehead atoms. The van der Waals surface area contributed by atoms with E-state index in [-0.39, 0.29) is 117 Å². The fourth-order valence-corrected chi connectivity index (χ4v) is 11.2. The van der Waals surface area contributed by atoms with Gasteiger partial charge in [0.25, 0.3) is 0 Å². The zero-order valence-electron chi connectivity index (χ0n) is 54.9. The van der Waals surface area contributed by atoms with Gasteiger partial charge in [-0.2, -0.15) is 0 Å². The van der Waals surface area contributed by atoms with Crippen LogP contribution < -0.4 is 17.2 Å². The molecule has 8 N–H and O–H groups in total. The molecular weight excluding hydrogens is 1150 g/mol. The number of nitrogens with two attached hydrogens (primary N) is 3. The molecule has 3 amide bonds. The number of ether oxygens (including phenoxy) is 10. The third-order valence-electron chi connectivity index (χ3n) is 16.6. The van der Waals surface area contributed by atoms with Crippen LogP contribution >= 0.6 is 0 Å². The maximum atomic E-state index is 13.1. The van der Waals surface area contributed by atoms with Crippen LogP contribution in [0.25, 0.3) is 0 Å². The van der Waals surface area contributed by atoms with Crippen LogP contribution in [0.4, 0.5) is 14.4 Å². The number of cyclic esters (lactones) is 2. The van der Waals surface area contributed by atoms with Crippen molar-refractivity contribution in [2.75, 3.05) is 0 Å². The van der Waals surface area contributed by atoms with Gasteiger partial charge < -0.3 is 74.8 Å². The Morgan fingerprint density at radius 3 is 1.29 bits per heavy atom. The van der Waals surface area contributed by atoms with Crippen molar-refractivity contribution in [2.24, 2.45) is 52.7 Å². The largest absolute Gasteiger partial charge is 0.462 e. The monoisotopic (exact) mass is 1260 g/mol. The van der Waals surface area contributed by atoms with E-state index in [1.807, 2.05) is 85.8 Å². The van der Waals surface area contributed by atoms with Gasteiger partial charge in [-0.15, -0.1) is 0 Å². The molecule has 0 aromatic heterocycles. The van der Waals surface area contributed by atoms with E-state index in [1.165, 1.54) is 20.8 Å². The fraction of sp³-hybridized carbons (Fsp3) is 0.697. The lowest BCUT2D eigenvalue weighted by atomic mass is 9.88. The van der Waals surface area contributed by atoms with Gasteiger partial charge in [-0.25, -0.2) is 14.4 Å². The number of carbonyl (C=O) groups excluding carboxylic acids is 8. The third-order valence-corrected chi connectivity index (χ3v) is 16.6. The van der Waals surface area contributed by atoms with Crippen LogP contribution in [-0.4, -0.2) is 143 Å². The topological polar surface area (TPSA) is 354 Å². The average molecular weight is 1260 g/mol. The summed E-state index contributed by atoms with van der Waals surface area (Å²) < 4.78 is 55.4. The van der Waals surface area contributed by atoms with Gasteiger partial charge in [0.15, 0.2) is 0 Å². The Hall–Kier alpha value is -6.56. The summed E-state index contributed by atoms with van der Waals surface area (Å²) in [6.45, 7) is 26.7. The van der Waals surface area contributed by atoms with Crippen molar-refractivity contribution in [2.45, 2.75) is 259 Å². The Bertz CT molecular complexity index is 2560. The third kappa shape index (κ3) is 27.2. The summed E-state index contributed by atoms with van der Waals surface area (Å²) in [5, 5.41) is 22.4. The first-order valence-corrected chi connectivity index (χ1v) is 31.2. The van der Waals surface area contributed by atoms with Crippen LogP contribution in [0.3, 0.4) is 0 Å². The lowest BCUT2D eigenvalue weighted by Crippen LogP contribution is -2.42. The molecule has 89 heavy (non-hydrogen) atoms. The summed E-state index contributed by atoms with van der Waals surface area (Å²) in [5.74, 6) is -2.95. The van der Waals surface area contributed by atoms with Crippen LogP contribution in [0.2, 0.25) is 0 Å². The number of epoxide rings is 2. The number of hydrogen-bond acceptors (Lipinski definition) is 20. The van der Waals surface area contributed by atoms with E-state index in [0.717, 1.165) is 24.0 Å². The molecule has 0 aromatic carbocycles. The minimum absolute atomic E-state index is 0.00251. The standard InChI is InChI=1S/C34H53NO10.C32H50N2O10/c1-9-26(44-33(35)39)23(6)32-27(43-32)18-20(3)12-11-13-21(4)31-22(5)14-15-28(41-24(7)36)34(8,40)17-16-25(19-30(38)45-31)42-29(37)10-2;1-8-24(43-31(34)38)21(5)29-25(42-29)16-18(2)10-9-11-19(3)28-20(4)12-13-26(40-22(6)35)32(7,39)15-14-23(41-30(33)37)17-27(36)44-28/h11-15,20,22-23,25-28,31-32,40H,9-10,16-19H2,1-8H3,(H2,35,39);9-13,18,20-21,23-26,28-29,39H,8,14-17H2,1-7H3,(H2,33,37)(H2,34,38)/b12-11+,15-14+,21-13+;10-9+,13-12+,19-11+. The Balaban J connectivity index is 0.000000465. The number of amides is 3. The van der Waals surface area contributed by atoms with Gasteiger partial charge >= 0.3 is 48.1 Å². The summed E-state index contributed by atoms with van der Waals surface area (Å²) in [6, 6.07) is 0. The maximum absolute atomic E-state index is 13.1. The molecule has 4 aliphatic rings. The molecule has 20 atom stereocenters. The van der Waals surface area contributed by atoms with E-state index in [0.29, 0.717) is 12.8 Å². The fourth-order valence-electron chi connectivity index (χ4n) is 11.2. The van der Waals surface area contributed by atoms with Crippen molar-refractivity contribution in [3.05, 3.63) is 71.9 Å². The summed E-state index contributed by atoms with van der Waals surface area (Å²) >= 11 is 0. The normalized spacial score (nSPS) is 32.4. The molecule has 20 unspecified atom stereocenters. The van der Waals surface area contributed by atoms with E-state index in [1.54, 1.807) is 38.2 Å². The molecule has 502 valence electrons. The van der Waals surface area contributed by atoms with Gasteiger partial charge in [-0.1, -0.05) is 111 Å². The zero-order valence-corrected chi connectivity index (χ0v) is 54.9. The quantitative estimate of drug-likeness (QED) is 0.0209. The Kier molecular flexibility index (Phi) is 31.3. The Morgan fingerprint density at radius 2 is 0.966 bits per heavy atom. The minimum atomic E-state index is -1.50. The number of allylic oxidation sites excluding steroid dienone is 6. The van der Waals surface area contributed by atoms with Crippen molar-refractivity contribution in [3.8, 4) is 0 Å². The predicted molar refractivity (Wildman–Crippen MR) is 330 cm³/mol. The van der Waals surface area contributed by atoms with Crippen LogP contribution in [0.1, 0.15) is 174 Å². The van der Waals surface area contributed by atoms with E-state index >= 15 is 0 Å². The first-order valence-electron chi connectivity index (χ1n) is 31.2. The zero-order chi connectivity index (χ0) is 67.1. The average Bonchev–Trinajstić information content (AvgIpc) is 2.02. The maximum Gasteiger partial charge on any atom is 0.404 e. The number of esters is 5. The van der Waals surface area contributed by atoms with Crippen LogP contribution in [-0.2, 0) is 71.3 Å². The molecule has 0 saturated carbocycles. The molecule has 23 nitrogen and oxygen atoms in total. The first kappa shape index (κ1) is 76.7. The summed E-state index contributed by atoms with van der Waals surface area (Å²) in [7, 11) is 0. The van der Waals surface area contributed by atoms with Gasteiger partial charge in [-0.3, -0.25) is 24.0 Å². The van der Waals surface area contributed by atoms with Gasteiger partial charge in [0.2, 0.25) is 0 Å². The van der Waals surface area contributed by atoms with Crippen molar-refractivity contribution >= 4 is 48.1 Å². The molecule has 0 aliphatic carbocycles. The van der Waals surface area contributed by atoms with Gasteiger partial charge in [-0.05, 0) is 114 Å². The molecule has 2 saturated heterocycles. The van der Waals surface area contributed by atoms with Crippen molar-refractivity contribution < 1.29 is 95.9 Å². The van der Waals surface area contributed by atoms with Crippen molar-refractivity contribution in [1.82, 2.24) is 0 Å². The number of aliphatic hydroxyl groups is 2. The highest BCUT2D eigenvalue weighted by Gasteiger charge is 2.48. The predicted octanol–water partition coefficient (Wildman–Crippen LogP) is 9.31. The highest BCUT2D eigenvalue weighted by Crippen LogP contribution is 2.39. The van der Waals surface area contributed by atoms with Crippen LogP contribution in [0.15, 0.2) is 71.9 Å². The van der Waals surface area contributed by atoms with E-state index in [4.69, 9.17) is 64.6 Å². The van der Waals surface area contributed by atoms with E-state index < -0.39 is 96.0 Å². The van der Waals surface area contributed by atoms with E-state index in [9.17, 15) is 48.6 Å². The summed E-state index contributed by atoms with van der Waals surface area (Å²) in [6.07, 6.45) is 13.3. The first-order chi connectivity index (χ1) is 41.6. The Morgan fingerprint density at radius 1 is 0.596 bits per heavy atom. The second-order valence-corrected chi connectivity index (χ2v) is 24.9. The highest BCUT2D eigenvalue weighted by molar-refractivity contribution is 5.73. The molecule has 23 heteroatoms. The molecular formula is C66H103N3O20. The minimum Gasteiger partial charge on any atom is -0.462 e. The van der Waals surface area contributed by atoms with Gasteiger partial charge in [0.1, 0.15) is 60.0 Å². The lowest BCUT2D eigenvalue weighted by Gasteiger charge is -2.33. The molecule has 2 fully saturated rings. The molecule has 0 aromatic rings. The second kappa shape index (κ2) is 36.3. The second-order valence-electron chi connectivity index (χ2n) is 24.9. The van der Waals surface area contributed by atoms with Crippen LogP contribution in [0.5, 0.6) is 0 Å². The van der Waals surface area contributed by atoms with Gasteiger partial charge in [0, 0.05) is 43.9 Å². The number of primary amides is 3. The van der Waals surface area contributed by atoms with Crippen molar-refractivity contribution in [3.63, 3.8) is 0 Å². The van der Waals surface area contributed by atoms with Gasteiger partial charge in [0.05, 0.1) is 37.3 Å². The van der Waals surface area contributed by atoms with Crippen LogP contribution in [0, 0.1) is 35.5 Å². The SMILES string of the molecule is CCC(=O)OC1CCC(C)(O)C(OC(C)=O)/C=C/C(C)C(/C(C)=C/C=C/C(C)CC2OC2C(C)C(CC)OC(N)=O)OC(=O)C1.CCC(OC(N)=O)C(C)C1OC1CC(C)/C=C/C=C(\C)C1OC(=O)CC(OC(N)=O)CCC(C)(O)C(OC(C)=O)/C=C/C1C. The molecule has 4 rings (SSSR count).